The Labute approximate surface area is 151 Å². The first-order valence-electron chi connectivity index (χ1n) is 8.59. The number of carbonyl (C=O) groups is 1. The highest BCUT2D eigenvalue weighted by Crippen LogP contribution is 2.22. The molecule has 26 heavy (non-hydrogen) atoms. The zero-order valence-electron chi connectivity index (χ0n) is 14.9. The van der Waals surface area contributed by atoms with E-state index in [2.05, 4.69) is 9.97 Å². The number of hydrogen-bond donors (Lipinski definition) is 0. The molecule has 7 heteroatoms. The Hall–Kier alpha value is -3.09. The second kappa shape index (κ2) is 6.67. The lowest BCUT2D eigenvalue weighted by Gasteiger charge is -2.34. The van der Waals surface area contributed by atoms with Crippen LogP contribution in [0.15, 0.2) is 42.6 Å². The molecule has 134 valence electrons. The number of amides is 1. The molecule has 2 aromatic heterocycles. The molecule has 0 N–H and O–H groups in total. The Kier molecular flexibility index (Phi) is 4.20. The van der Waals surface area contributed by atoms with Crippen molar-refractivity contribution in [3.8, 4) is 5.75 Å². The van der Waals surface area contributed by atoms with Gasteiger partial charge >= 0.3 is 0 Å². The van der Waals surface area contributed by atoms with Crippen LogP contribution < -0.4 is 9.64 Å². The SMILES string of the molecule is COc1cccc(CN2CCN(c3nc4cccnc4n3C)CC2=O)c1. The van der Waals surface area contributed by atoms with Crippen LogP contribution in [0.25, 0.3) is 11.2 Å². The highest BCUT2D eigenvalue weighted by molar-refractivity contribution is 5.83. The van der Waals surface area contributed by atoms with Gasteiger partial charge in [0, 0.05) is 32.9 Å². The van der Waals surface area contributed by atoms with Crippen molar-refractivity contribution >= 4 is 23.0 Å². The summed E-state index contributed by atoms with van der Waals surface area (Å²) in [6.45, 7) is 2.31. The van der Waals surface area contributed by atoms with Crippen LogP contribution in [-0.2, 0) is 18.4 Å². The molecule has 0 spiro atoms. The van der Waals surface area contributed by atoms with Gasteiger partial charge in [-0.05, 0) is 29.8 Å². The van der Waals surface area contributed by atoms with Crippen molar-refractivity contribution in [1.29, 1.82) is 0 Å². The molecule has 3 aromatic rings. The molecule has 0 aliphatic carbocycles. The van der Waals surface area contributed by atoms with Crippen molar-refractivity contribution < 1.29 is 9.53 Å². The lowest BCUT2D eigenvalue weighted by molar-refractivity contribution is -0.131. The van der Waals surface area contributed by atoms with E-state index in [1.54, 1.807) is 13.3 Å². The fourth-order valence-electron chi connectivity index (χ4n) is 3.33. The Morgan fingerprint density at radius 2 is 2.08 bits per heavy atom. The second-order valence-corrected chi connectivity index (χ2v) is 6.41. The van der Waals surface area contributed by atoms with E-state index >= 15 is 0 Å². The Balaban J connectivity index is 1.49. The molecule has 0 unspecified atom stereocenters. The van der Waals surface area contributed by atoms with Crippen LogP contribution in [0.1, 0.15) is 5.56 Å². The van der Waals surface area contributed by atoms with Crippen LogP contribution in [0.5, 0.6) is 5.75 Å². The molecule has 1 amide bonds. The van der Waals surface area contributed by atoms with E-state index in [0.29, 0.717) is 19.6 Å². The second-order valence-electron chi connectivity index (χ2n) is 6.41. The number of anilines is 1. The van der Waals surface area contributed by atoms with Gasteiger partial charge < -0.3 is 14.5 Å². The fraction of sp³-hybridized carbons (Fsp3) is 0.316. The van der Waals surface area contributed by atoms with Gasteiger partial charge in [-0.3, -0.25) is 9.36 Å². The minimum Gasteiger partial charge on any atom is -0.497 e. The van der Waals surface area contributed by atoms with Gasteiger partial charge in [-0.2, -0.15) is 0 Å². The van der Waals surface area contributed by atoms with Gasteiger partial charge in [-0.1, -0.05) is 12.1 Å². The molecule has 1 fully saturated rings. The molecule has 4 rings (SSSR count). The maximum absolute atomic E-state index is 12.7. The lowest BCUT2D eigenvalue weighted by atomic mass is 10.2. The fourth-order valence-corrected chi connectivity index (χ4v) is 3.33. The number of fused-ring (bicyclic) bond motifs is 1. The molecule has 0 radical (unpaired) electrons. The van der Waals surface area contributed by atoms with Gasteiger partial charge in [0.1, 0.15) is 11.3 Å². The van der Waals surface area contributed by atoms with Crippen molar-refractivity contribution in [3.63, 3.8) is 0 Å². The number of ether oxygens (including phenoxy) is 1. The normalized spacial score (nSPS) is 14.9. The van der Waals surface area contributed by atoms with Gasteiger partial charge in [-0.15, -0.1) is 0 Å². The van der Waals surface area contributed by atoms with E-state index in [-0.39, 0.29) is 5.91 Å². The summed E-state index contributed by atoms with van der Waals surface area (Å²) in [6.07, 6.45) is 1.75. The van der Waals surface area contributed by atoms with E-state index in [4.69, 9.17) is 4.74 Å². The summed E-state index contributed by atoms with van der Waals surface area (Å²) < 4.78 is 7.20. The maximum atomic E-state index is 12.7. The van der Waals surface area contributed by atoms with E-state index in [9.17, 15) is 4.79 Å². The first kappa shape index (κ1) is 16.4. The molecule has 1 saturated heterocycles. The number of rotatable bonds is 4. The van der Waals surface area contributed by atoms with Crippen LogP contribution in [0.2, 0.25) is 0 Å². The number of nitrogens with zero attached hydrogens (tertiary/aromatic N) is 5. The van der Waals surface area contributed by atoms with Crippen LogP contribution >= 0.6 is 0 Å². The van der Waals surface area contributed by atoms with Crippen LogP contribution in [0, 0.1) is 0 Å². The van der Waals surface area contributed by atoms with Crippen LogP contribution in [-0.4, -0.2) is 52.1 Å². The van der Waals surface area contributed by atoms with Crippen molar-refractivity contribution in [2.24, 2.45) is 7.05 Å². The Bertz CT molecular complexity index is 952. The number of pyridine rings is 1. The monoisotopic (exact) mass is 351 g/mol. The molecule has 0 saturated carbocycles. The molecule has 1 aliphatic heterocycles. The smallest absolute Gasteiger partial charge is 0.242 e. The van der Waals surface area contributed by atoms with Gasteiger partial charge in [0.25, 0.3) is 0 Å². The number of hydrogen-bond acceptors (Lipinski definition) is 5. The molecule has 7 nitrogen and oxygen atoms in total. The molecule has 1 aromatic carbocycles. The summed E-state index contributed by atoms with van der Waals surface area (Å²) in [4.78, 5) is 25.6. The van der Waals surface area contributed by atoms with Gasteiger partial charge in [0.2, 0.25) is 11.9 Å². The number of benzene rings is 1. The van der Waals surface area contributed by atoms with Crippen LogP contribution in [0.3, 0.4) is 0 Å². The first-order valence-corrected chi connectivity index (χ1v) is 8.59. The minimum absolute atomic E-state index is 0.0964. The number of aryl methyl sites for hydroxylation is 1. The molecule has 0 bridgehead atoms. The summed E-state index contributed by atoms with van der Waals surface area (Å²) in [7, 11) is 3.58. The average molecular weight is 351 g/mol. The zero-order valence-corrected chi connectivity index (χ0v) is 14.9. The third-order valence-electron chi connectivity index (χ3n) is 4.71. The lowest BCUT2D eigenvalue weighted by Crippen LogP contribution is -2.50. The molecular weight excluding hydrogens is 330 g/mol. The van der Waals surface area contributed by atoms with E-state index in [1.807, 2.05) is 57.8 Å². The van der Waals surface area contributed by atoms with Crippen molar-refractivity contribution in [1.82, 2.24) is 19.4 Å². The van der Waals surface area contributed by atoms with Crippen molar-refractivity contribution in [2.75, 3.05) is 31.6 Å². The summed E-state index contributed by atoms with van der Waals surface area (Å²) in [6, 6.07) is 11.6. The minimum atomic E-state index is 0.0964. The molecular formula is C19H21N5O2. The number of aromatic nitrogens is 3. The number of methoxy groups -OCH3 is 1. The summed E-state index contributed by atoms with van der Waals surface area (Å²) in [5.74, 6) is 1.69. The third-order valence-corrected chi connectivity index (χ3v) is 4.71. The number of piperazine rings is 1. The molecule has 3 heterocycles. The van der Waals surface area contributed by atoms with Crippen molar-refractivity contribution in [3.05, 3.63) is 48.2 Å². The van der Waals surface area contributed by atoms with Gasteiger partial charge in [0.05, 0.1) is 13.7 Å². The highest BCUT2D eigenvalue weighted by atomic mass is 16.5. The Morgan fingerprint density at radius 1 is 1.19 bits per heavy atom. The summed E-state index contributed by atoms with van der Waals surface area (Å²) in [5.41, 5.74) is 2.74. The molecule has 1 aliphatic rings. The topological polar surface area (TPSA) is 63.5 Å². The first-order chi connectivity index (χ1) is 12.7. The van der Waals surface area contributed by atoms with E-state index in [1.165, 1.54) is 0 Å². The van der Waals surface area contributed by atoms with Gasteiger partial charge in [-0.25, -0.2) is 9.97 Å². The predicted molar refractivity (Wildman–Crippen MR) is 99.1 cm³/mol. The number of imidazole rings is 1. The quantitative estimate of drug-likeness (QED) is 0.718. The largest absolute Gasteiger partial charge is 0.497 e. The zero-order chi connectivity index (χ0) is 18.1. The van der Waals surface area contributed by atoms with Gasteiger partial charge in [0.15, 0.2) is 5.65 Å². The standard InChI is InChI=1S/C19H21N5O2/c1-22-18-16(7-4-8-20-18)21-19(22)24-10-9-23(17(25)13-24)12-14-5-3-6-15(11-14)26-2/h3-8,11H,9-10,12-13H2,1-2H3. The summed E-state index contributed by atoms with van der Waals surface area (Å²) in [5, 5.41) is 0. The number of carbonyl (C=O) groups excluding carboxylic acids is 1. The average Bonchev–Trinajstić information content (AvgIpc) is 3.01. The van der Waals surface area contributed by atoms with E-state index in [0.717, 1.165) is 35.0 Å². The van der Waals surface area contributed by atoms with Crippen LogP contribution in [0.4, 0.5) is 5.95 Å². The Morgan fingerprint density at radius 3 is 2.85 bits per heavy atom. The van der Waals surface area contributed by atoms with E-state index < -0.39 is 0 Å². The third kappa shape index (κ3) is 2.96. The highest BCUT2D eigenvalue weighted by Gasteiger charge is 2.27. The van der Waals surface area contributed by atoms with Crippen molar-refractivity contribution in [2.45, 2.75) is 6.54 Å². The molecule has 0 atom stereocenters. The predicted octanol–water partition coefficient (Wildman–Crippen LogP) is 1.83. The maximum Gasteiger partial charge on any atom is 0.242 e. The summed E-state index contributed by atoms with van der Waals surface area (Å²) >= 11 is 0.